The molecule has 4 heteroatoms. The molecule has 118 valence electrons. The maximum Gasteiger partial charge on any atom is 0.251 e. The normalized spacial score (nSPS) is 10.6. The first-order chi connectivity index (χ1) is 11.0. The molecule has 0 heterocycles. The Morgan fingerprint density at radius 2 is 1.78 bits per heavy atom. The molecule has 0 saturated heterocycles. The van der Waals surface area contributed by atoms with Gasteiger partial charge < -0.3 is 10.1 Å². The van der Waals surface area contributed by atoms with E-state index in [-0.39, 0.29) is 11.7 Å². The van der Waals surface area contributed by atoms with E-state index in [2.05, 4.69) is 5.32 Å². The Bertz CT molecular complexity index is 746. The lowest BCUT2D eigenvalue weighted by molar-refractivity contribution is 0.0962. The lowest BCUT2D eigenvalue weighted by atomic mass is 10.0. The predicted molar refractivity (Wildman–Crippen MR) is 90.9 cm³/mol. The van der Waals surface area contributed by atoms with Gasteiger partial charge in [-0.05, 0) is 42.8 Å². The van der Waals surface area contributed by atoms with Crippen molar-refractivity contribution >= 4 is 17.8 Å². The molecular weight excluding hydrogens is 290 g/mol. The Labute approximate surface area is 135 Å². The average Bonchev–Trinajstić information content (AvgIpc) is 2.59. The molecule has 23 heavy (non-hydrogen) atoms. The first-order valence-electron chi connectivity index (χ1n) is 7.24. The zero-order valence-corrected chi connectivity index (χ0v) is 13.4. The van der Waals surface area contributed by atoms with Crippen LogP contribution in [0.2, 0.25) is 0 Å². The van der Waals surface area contributed by atoms with Crippen LogP contribution in [0.3, 0.4) is 0 Å². The Hall–Kier alpha value is -2.88. The van der Waals surface area contributed by atoms with Crippen molar-refractivity contribution in [2.75, 3.05) is 14.2 Å². The fourth-order valence-electron chi connectivity index (χ4n) is 2.17. The van der Waals surface area contributed by atoms with Gasteiger partial charge in [-0.15, -0.1) is 0 Å². The van der Waals surface area contributed by atoms with Crippen molar-refractivity contribution in [2.24, 2.45) is 0 Å². The van der Waals surface area contributed by atoms with E-state index in [1.807, 2.05) is 13.0 Å². The second-order valence-electron chi connectivity index (χ2n) is 5.10. The number of benzene rings is 2. The molecule has 0 aromatic heterocycles. The smallest absolute Gasteiger partial charge is 0.251 e. The number of nitrogens with one attached hydrogen (secondary N) is 1. The lowest BCUT2D eigenvalue weighted by Gasteiger charge is -2.06. The first-order valence-corrected chi connectivity index (χ1v) is 7.24. The van der Waals surface area contributed by atoms with Crippen LogP contribution in [0.4, 0.5) is 0 Å². The van der Waals surface area contributed by atoms with E-state index in [1.165, 1.54) is 6.08 Å². The molecule has 0 saturated carbocycles. The standard InChI is InChI=1S/C19H19NO3/c1-13-4-11-18(23-3)16(12-13)17(21)10-7-14-5-8-15(9-6-14)19(22)20-2/h4-12H,1-3H3,(H,20,22)/b10-7+. The second-order valence-corrected chi connectivity index (χ2v) is 5.10. The van der Waals surface area contributed by atoms with E-state index in [0.29, 0.717) is 16.9 Å². The van der Waals surface area contributed by atoms with Crippen LogP contribution in [0.25, 0.3) is 6.08 Å². The van der Waals surface area contributed by atoms with E-state index in [4.69, 9.17) is 4.74 Å². The first kappa shape index (κ1) is 16.5. The van der Waals surface area contributed by atoms with Crippen LogP contribution in [0.15, 0.2) is 48.5 Å². The lowest BCUT2D eigenvalue weighted by Crippen LogP contribution is -2.17. The van der Waals surface area contributed by atoms with E-state index in [0.717, 1.165) is 11.1 Å². The minimum atomic E-state index is -0.138. The van der Waals surface area contributed by atoms with Crippen LogP contribution in [0, 0.1) is 6.92 Å². The summed E-state index contributed by atoms with van der Waals surface area (Å²) in [5, 5.41) is 2.57. The van der Waals surface area contributed by atoms with Crippen molar-refractivity contribution in [3.05, 3.63) is 70.8 Å². The largest absolute Gasteiger partial charge is 0.496 e. The molecule has 1 N–H and O–H groups in total. The number of hydrogen-bond donors (Lipinski definition) is 1. The molecule has 1 amide bonds. The minimum absolute atomic E-state index is 0.124. The maximum absolute atomic E-state index is 12.3. The highest BCUT2D eigenvalue weighted by Crippen LogP contribution is 2.21. The second kappa shape index (κ2) is 7.40. The Balaban J connectivity index is 2.18. The fraction of sp³-hybridized carbons (Fsp3) is 0.158. The van der Waals surface area contributed by atoms with Crippen LogP contribution >= 0.6 is 0 Å². The summed E-state index contributed by atoms with van der Waals surface area (Å²) in [6.45, 7) is 1.93. The van der Waals surface area contributed by atoms with E-state index in [1.54, 1.807) is 56.6 Å². The van der Waals surface area contributed by atoms with Crippen molar-refractivity contribution in [2.45, 2.75) is 6.92 Å². The number of hydrogen-bond acceptors (Lipinski definition) is 3. The van der Waals surface area contributed by atoms with Gasteiger partial charge in [-0.25, -0.2) is 0 Å². The molecule has 0 fully saturated rings. The zero-order valence-electron chi connectivity index (χ0n) is 13.4. The minimum Gasteiger partial charge on any atom is -0.496 e. The van der Waals surface area contributed by atoms with Gasteiger partial charge in [0.05, 0.1) is 12.7 Å². The Kier molecular flexibility index (Phi) is 5.31. The van der Waals surface area contributed by atoms with Crippen molar-refractivity contribution < 1.29 is 14.3 Å². The average molecular weight is 309 g/mol. The number of carbonyl (C=O) groups is 2. The Morgan fingerprint density at radius 3 is 2.39 bits per heavy atom. The van der Waals surface area contributed by atoms with Crippen molar-refractivity contribution in [3.63, 3.8) is 0 Å². The maximum atomic E-state index is 12.3. The molecule has 0 radical (unpaired) electrons. The third-order valence-corrected chi connectivity index (χ3v) is 3.45. The fourth-order valence-corrected chi connectivity index (χ4v) is 2.17. The van der Waals surface area contributed by atoms with Crippen LogP contribution in [-0.4, -0.2) is 25.8 Å². The summed E-state index contributed by atoms with van der Waals surface area (Å²) in [5.41, 5.74) is 2.96. The van der Waals surface area contributed by atoms with Crippen molar-refractivity contribution in [1.29, 1.82) is 0 Å². The predicted octanol–water partition coefficient (Wildman–Crippen LogP) is 3.26. The monoisotopic (exact) mass is 309 g/mol. The third-order valence-electron chi connectivity index (χ3n) is 3.45. The molecule has 2 aromatic carbocycles. The number of rotatable bonds is 5. The topological polar surface area (TPSA) is 55.4 Å². The molecule has 2 aromatic rings. The molecule has 0 aliphatic carbocycles. The van der Waals surface area contributed by atoms with Crippen molar-refractivity contribution in [3.8, 4) is 5.75 Å². The highest BCUT2D eigenvalue weighted by atomic mass is 16.5. The van der Waals surface area contributed by atoms with E-state index in [9.17, 15) is 9.59 Å². The molecule has 0 aliphatic rings. The van der Waals surface area contributed by atoms with Gasteiger partial charge in [0, 0.05) is 12.6 Å². The highest BCUT2D eigenvalue weighted by Gasteiger charge is 2.09. The van der Waals surface area contributed by atoms with Crippen molar-refractivity contribution in [1.82, 2.24) is 5.32 Å². The molecule has 0 unspecified atom stereocenters. The number of methoxy groups -OCH3 is 1. The van der Waals surface area contributed by atoms with E-state index >= 15 is 0 Å². The summed E-state index contributed by atoms with van der Waals surface area (Å²) >= 11 is 0. The van der Waals surface area contributed by atoms with Crippen LogP contribution in [0.1, 0.15) is 31.8 Å². The summed E-state index contributed by atoms with van der Waals surface area (Å²) < 4.78 is 5.23. The number of ether oxygens (including phenoxy) is 1. The van der Waals surface area contributed by atoms with E-state index < -0.39 is 0 Å². The summed E-state index contributed by atoms with van der Waals surface area (Å²) in [6, 6.07) is 12.5. The number of allylic oxidation sites excluding steroid dienone is 1. The number of amides is 1. The quantitative estimate of drug-likeness (QED) is 0.681. The van der Waals surface area contributed by atoms with Gasteiger partial charge in [-0.1, -0.05) is 29.8 Å². The number of ketones is 1. The van der Waals surface area contributed by atoms with Gasteiger partial charge in [0.25, 0.3) is 5.91 Å². The summed E-state index contributed by atoms with van der Waals surface area (Å²) in [5.74, 6) is 0.294. The Morgan fingerprint density at radius 1 is 1.09 bits per heavy atom. The number of carbonyl (C=O) groups excluding carboxylic acids is 2. The SMILES string of the molecule is CNC(=O)c1ccc(/C=C/C(=O)c2cc(C)ccc2OC)cc1. The van der Waals surface area contributed by atoms with Gasteiger partial charge >= 0.3 is 0 Å². The molecular formula is C19H19NO3. The summed E-state index contributed by atoms with van der Waals surface area (Å²) in [4.78, 5) is 23.8. The van der Waals surface area contributed by atoms with Gasteiger partial charge in [-0.3, -0.25) is 9.59 Å². The van der Waals surface area contributed by atoms with Crippen LogP contribution in [0.5, 0.6) is 5.75 Å². The number of aryl methyl sites for hydroxylation is 1. The summed E-state index contributed by atoms with van der Waals surface area (Å²) in [7, 11) is 3.13. The molecule has 2 rings (SSSR count). The molecule has 0 bridgehead atoms. The molecule has 0 spiro atoms. The zero-order chi connectivity index (χ0) is 16.8. The van der Waals surface area contributed by atoms with Gasteiger partial charge in [0.2, 0.25) is 0 Å². The highest BCUT2D eigenvalue weighted by molar-refractivity contribution is 6.08. The molecule has 0 aliphatic heterocycles. The van der Waals surface area contributed by atoms with Crippen LogP contribution < -0.4 is 10.1 Å². The van der Waals surface area contributed by atoms with Gasteiger partial charge in [-0.2, -0.15) is 0 Å². The third kappa shape index (κ3) is 4.07. The van der Waals surface area contributed by atoms with Gasteiger partial charge in [0.15, 0.2) is 5.78 Å². The van der Waals surface area contributed by atoms with Gasteiger partial charge in [0.1, 0.15) is 5.75 Å². The van der Waals surface area contributed by atoms with Crippen LogP contribution in [-0.2, 0) is 0 Å². The molecule has 0 atom stereocenters. The summed E-state index contributed by atoms with van der Waals surface area (Å²) in [6.07, 6.45) is 3.23. The molecule has 4 nitrogen and oxygen atoms in total.